The van der Waals surface area contributed by atoms with Crippen LogP contribution < -0.4 is 18.9 Å². The van der Waals surface area contributed by atoms with Crippen molar-refractivity contribution < 1.29 is 46.9 Å². The van der Waals surface area contributed by atoms with Crippen LogP contribution in [0.15, 0.2) is 152 Å². The van der Waals surface area contributed by atoms with Gasteiger partial charge in [-0.15, -0.1) is 0 Å². The molecule has 0 aromatic heterocycles. The Balaban J connectivity index is 0.895. The highest BCUT2D eigenvalue weighted by Crippen LogP contribution is 2.31. The van der Waals surface area contributed by atoms with Crippen molar-refractivity contribution in [3.05, 3.63) is 202 Å². The van der Waals surface area contributed by atoms with E-state index in [0.29, 0.717) is 0 Å². The van der Waals surface area contributed by atoms with Gasteiger partial charge in [-0.3, -0.25) is 0 Å². The van der Waals surface area contributed by atoms with Crippen LogP contribution in [0.2, 0.25) is 0 Å². The number of unbranched alkanes of at least 4 members (excludes halogenated alkanes) is 10. The third-order valence-electron chi connectivity index (χ3n) is 12.7. The highest BCUT2D eigenvalue weighted by molar-refractivity contribution is 5.95. The summed E-state index contributed by atoms with van der Waals surface area (Å²) >= 11 is 0. The molecule has 0 saturated heterocycles. The van der Waals surface area contributed by atoms with E-state index in [1.54, 1.807) is 48.5 Å². The molecule has 7 rings (SSSR count). The Morgan fingerprint density at radius 1 is 0.392 bits per heavy atom. The minimum Gasteiger partial charge on any atom is -0.421 e. The SMILES string of the molecule is CCCCCCCCc1ccc(-c2ccc(C(=O)Oc3ccc(C(=O)Oc4cccc(OC(=O)c5ccc(OC(=O)c6ccc(-c7ccc(CCCCCCCC)cc7)cc6)c(F)c5)c4C#N)cc3F)cc2)cc1. The van der Waals surface area contributed by atoms with Crippen LogP contribution in [0, 0.1) is 23.0 Å². The number of carbonyl (C=O) groups is 4. The Hall–Kier alpha value is -8.23. The normalized spacial score (nSPS) is 10.9. The summed E-state index contributed by atoms with van der Waals surface area (Å²) in [5.41, 5.74) is 5.83. The lowest BCUT2D eigenvalue weighted by Gasteiger charge is -2.12. The fourth-order valence-corrected chi connectivity index (χ4v) is 8.39. The predicted molar refractivity (Wildman–Crippen MR) is 282 cm³/mol. The smallest absolute Gasteiger partial charge is 0.343 e. The van der Waals surface area contributed by atoms with Crippen LogP contribution in [0.4, 0.5) is 8.78 Å². The van der Waals surface area contributed by atoms with E-state index < -0.39 is 47.0 Å². The number of halogens is 2. The molecular weight excluding hydrogens is 937 g/mol. The van der Waals surface area contributed by atoms with Gasteiger partial charge >= 0.3 is 23.9 Å². The van der Waals surface area contributed by atoms with Crippen molar-refractivity contribution in [3.63, 3.8) is 0 Å². The lowest BCUT2D eigenvalue weighted by Crippen LogP contribution is -2.14. The van der Waals surface area contributed by atoms with Gasteiger partial charge in [0, 0.05) is 0 Å². The van der Waals surface area contributed by atoms with Crippen LogP contribution >= 0.6 is 0 Å². The van der Waals surface area contributed by atoms with Crippen molar-refractivity contribution in [1.29, 1.82) is 5.26 Å². The van der Waals surface area contributed by atoms with Crippen LogP contribution in [0.1, 0.15) is 149 Å². The Bertz CT molecular complexity index is 2870. The summed E-state index contributed by atoms with van der Waals surface area (Å²) in [5, 5.41) is 10.0. The number of hydrogen-bond donors (Lipinski definition) is 0. The Morgan fingerprint density at radius 2 is 0.703 bits per heavy atom. The second-order valence-corrected chi connectivity index (χ2v) is 18.2. The summed E-state index contributed by atoms with van der Waals surface area (Å²) in [6.07, 6.45) is 17.0. The summed E-state index contributed by atoms with van der Waals surface area (Å²) in [6.45, 7) is 4.43. The van der Waals surface area contributed by atoms with Crippen LogP contribution in [0.3, 0.4) is 0 Å². The molecule has 0 bridgehead atoms. The van der Waals surface area contributed by atoms with Gasteiger partial charge in [0.05, 0.1) is 22.3 Å². The van der Waals surface area contributed by atoms with Crippen molar-refractivity contribution in [1.82, 2.24) is 0 Å². The third-order valence-corrected chi connectivity index (χ3v) is 12.7. The van der Waals surface area contributed by atoms with E-state index in [1.807, 2.05) is 6.07 Å². The molecule has 0 radical (unpaired) electrons. The standard InChI is InChI=1S/C63H59F2NO8/c1-3-5-7-9-11-13-16-43-20-24-45(25-21-43)47-28-32-49(33-29-47)60(67)73-58-38-36-51(40-54(58)64)62(69)71-56-18-15-19-57(53(56)42-66)72-63(70)52-37-39-59(55(65)41-52)74-61(68)50-34-30-48(31-35-50)46-26-22-44(23-27-46)17-14-12-10-8-6-4-2/h15,18-41H,3-14,16-17H2,1-2H3. The zero-order valence-corrected chi connectivity index (χ0v) is 41.8. The molecule has 0 atom stereocenters. The van der Waals surface area contributed by atoms with Crippen molar-refractivity contribution in [2.24, 2.45) is 0 Å². The lowest BCUT2D eigenvalue weighted by molar-refractivity contribution is 0.0716. The minimum atomic E-state index is -1.07. The van der Waals surface area contributed by atoms with E-state index in [-0.39, 0.29) is 39.3 Å². The molecule has 74 heavy (non-hydrogen) atoms. The topological polar surface area (TPSA) is 129 Å². The highest BCUT2D eigenvalue weighted by Gasteiger charge is 2.22. The molecule has 0 aliphatic rings. The van der Waals surface area contributed by atoms with Crippen LogP contribution in [0.5, 0.6) is 23.0 Å². The zero-order valence-electron chi connectivity index (χ0n) is 41.8. The molecule has 0 fully saturated rings. The second kappa shape index (κ2) is 27.0. The van der Waals surface area contributed by atoms with E-state index in [2.05, 4.69) is 62.4 Å². The largest absolute Gasteiger partial charge is 0.421 e. The molecule has 0 aliphatic carbocycles. The van der Waals surface area contributed by atoms with E-state index in [4.69, 9.17) is 18.9 Å². The average Bonchev–Trinajstić information content (AvgIpc) is 3.42. The number of aryl methyl sites for hydroxylation is 2. The Morgan fingerprint density at radius 3 is 1.05 bits per heavy atom. The first-order chi connectivity index (χ1) is 36.0. The minimum absolute atomic E-state index is 0.192. The number of benzene rings is 7. The second-order valence-electron chi connectivity index (χ2n) is 18.2. The molecule has 0 unspecified atom stereocenters. The summed E-state index contributed by atoms with van der Waals surface area (Å²) in [5.74, 6) is -7.28. The quantitative estimate of drug-likeness (QED) is 0.0330. The summed E-state index contributed by atoms with van der Waals surface area (Å²) in [7, 11) is 0. The summed E-state index contributed by atoms with van der Waals surface area (Å²) < 4.78 is 52.0. The van der Waals surface area contributed by atoms with E-state index in [1.165, 1.54) is 106 Å². The van der Waals surface area contributed by atoms with E-state index in [0.717, 1.165) is 72.2 Å². The van der Waals surface area contributed by atoms with Gasteiger partial charge in [0.25, 0.3) is 0 Å². The van der Waals surface area contributed by atoms with Gasteiger partial charge < -0.3 is 18.9 Å². The molecule has 0 amide bonds. The van der Waals surface area contributed by atoms with Crippen LogP contribution in [0.25, 0.3) is 22.3 Å². The number of esters is 4. The summed E-state index contributed by atoms with van der Waals surface area (Å²) in [4.78, 5) is 52.4. The van der Waals surface area contributed by atoms with Crippen LogP contribution in [-0.2, 0) is 12.8 Å². The van der Waals surface area contributed by atoms with Gasteiger partial charge in [-0.1, -0.05) is 157 Å². The average molecular weight is 996 g/mol. The predicted octanol–water partition coefficient (Wildman–Crippen LogP) is 15.9. The maximum absolute atomic E-state index is 15.3. The first kappa shape index (κ1) is 53.6. The van der Waals surface area contributed by atoms with Crippen molar-refractivity contribution in [2.45, 2.75) is 104 Å². The van der Waals surface area contributed by atoms with E-state index in [9.17, 15) is 24.4 Å². The maximum Gasteiger partial charge on any atom is 0.343 e. The number of nitriles is 1. The van der Waals surface area contributed by atoms with Crippen molar-refractivity contribution >= 4 is 23.9 Å². The Kier molecular flexibility index (Phi) is 19.5. The van der Waals surface area contributed by atoms with Crippen molar-refractivity contribution in [3.8, 4) is 51.3 Å². The number of nitrogens with zero attached hydrogens (tertiary/aromatic N) is 1. The van der Waals surface area contributed by atoms with Gasteiger partial charge in [0.1, 0.15) is 11.6 Å². The first-order valence-corrected chi connectivity index (χ1v) is 25.4. The number of hydrogen-bond acceptors (Lipinski definition) is 9. The molecule has 378 valence electrons. The summed E-state index contributed by atoms with van der Waals surface area (Å²) in [6, 6.07) is 42.2. The van der Waals surface area contributed by atoms with E-state index >= 15 is 8.78 Å². The monoisotopic (exact) mass is 995 g/mol. The molecule has 0 spiro atoms. The van der Waals surface area contributed by atoms with Crippen molar-refractivity contribution in [2.75, 3.05) is 0 Å². The van der Waals surface area contributed by atoms with Gasteiger partial charge in [-0.2, -0.15) is 5.26 Å². The third kappa shape index (κ3) is 14.9. The Labute approximate surface area is 431 Å². The maximum atomic E-state index is 15.3. The van der Waals surface area contributed by atoms with Gasteiger partial charge in [0.2, 0.25) is 0 Å². The number of ether oxygens (including phenoxy) is 4. The molecule has 7 aromatic rings. The molecule has 11 heteroatoms. The van der Waals surface area contributed by atoms with Gasteiger partial charge in [0.15, 0.2) is 34.6 Å². The van der Waals surface area contributed by atoms with Gasteiger partial charge in [-0.25, -0.2) is 28.0 Å². The number of carbonyl (C=O) groups excluding carboxylic acids is 4. The molecule has 7 aromatic carbocycles. The lowest BCUT2D eigenvalue weighted by atomic mass is 10.00. The first-order valence-electron chi connectivity index (χ1n) is 25.4. The van der Waals surface area contributed by atoms with Crippen LogP contribution in [-0.4, -0.2) is 23.9 Å². The zero-order chi connectivity index (χ0) is 52.2. The number of rotatable bonds is 24. The fraction of sp³-hybridized carbons (Fsp3) is 0.254. The van der Waals surface area contributed by atoms with Gasteiger partial charge in [-0.05, 0) is 132 Å². The molecule has 9 nitrogen and oxygen atoms in total. The molecular formula is C63H59F2NO8. The fourth-order valence-electron chi connectivity index (χ4n) is 8.39. The molecule has 0 heterocycles. The molecule has 0 aliphatic heterocycles. The molecule has 0 saturated carbocycles. The highest BCUT2D eigenvalue weighted by atomic mass is 19.1. The molecule has 0 N–H and O–H groups in total.